The van der Waals surface area contributed by atoms with E-state index in [4.69, 9.17) is 9.97 Å². The number of anilines is 1. The van der Waals surface area contributed by atoms with Gasteiger partial charge in [-0.15, -0.1) is 9.24 Å². The maximum absolute atomic E-state index is 5.34. The summed E-state index contributed by atoms with van der Waals surface area (Å²) in [7, 11) is 3.14. The Morgan fingerprint density at radius 3 is 2.29 bits per heavy atom. The normalized spacial score (nSPS) is 22.9. The molecule has 6 unspecified atom stereocenters. The summed E-state index contributed by atoms with van der Waals surface area (Å²) in [5.41, 5.74) is 13.9. The second kappa shape index (κ2) is 14.4. The van der Waals surface area contributed by atoms with Gasteiger partial charge in [0.05, 0.1) is 17.8 Å². The smallest absolute Gasteiger partial charge is 0.162 e. The van der Waals surface area contributed by atoms with Crippen LogP contribution in [-0.4, -0.2) is 16.0 Å². The minimum Gasteiger partial charge on any atom is -0.377 e. The Hall–Kier alpha value is -5.83. The Labute approximate surface area is 326 Å². The van der Waals surface area contributed by atoms with Gasteiger partial charge in [-0.2, -0.15) is 0 Å². The molecule has 2 aliphatic heterocycles. The number of nitrogens with zero attached hydrogens (tertiary/aromatic N) is 3. The van der Waals surface area contributed by atoms with Gasteiger partial charge in [-0.1, -0.05) is 170 Å². The number of allylic oxidation sites excluding steroid dienone is 10. The maximum atomic E-state index is 5.34. The number of rotatable bonds is 7. The van der Waals surface area contributed by atoms with Crippen molar-refractivity contribution < 1.29 is 0 Å². The third-order valence-corrected chi connectivity index (χ3v) is 12.5. The number of nitrogens with one attached hydrogen (secondary N) is 1. The molecule has 0 spiro atoms. The summed E-state index contributed by atoms with van der Waals surface area (Å²) in [5.74, 6) is 2.18. The molecule has 3 aliphatic carbocycles. The summed E-state index contributed by atoms with van der Waals surface area (Å²) in [6.45, 7) is 0. The van der Waals surface area contributed by atoms with Crippen LogP contribution >= 0.6 is 9.24 Å². The fraction of sp³-hybridized carbons (Fsp3) is 0.160. The zero-order chi connectivity index (χ0) is 36.7. The molecule has 10 rings (SSSR count). The molecular weight excluding hydrogens is 688 g/mol. The van der Waals surface area contributed by atoms with Crippen LogP contribution in [0.15, 0.2) is 187 Å². The first-order valence-corrected chi connectivity index (χ1v) is 20.2. The lowest BCUT2D eigenvalue weighted by Gasteiger charge is -2.38. The lowest BCUT2D eigenvalue weighted by molar-refractivity contribution is 0.605. The Morgan fingerprint density at radius 2 is 1.47 bits per heavy atom. The van der Waals surface area contributed by atoms with Crippen molar-refractivity contribution in [1.29, 1.82) is 0 Å². The van der Waals surface area contributed by atoms with Crippen molar-refractivity contribution in [3.8, 4) is 11.4 Å². The molecule has 55 heavy (non-hydrogen) atoms. The lowest BCUT2D eigenvalue weighted by Crippen LogP contribution is -2.33. The minimum atomic E-state index is 0.0878. The van der Waals surface area contributed by atoms with Crippen molar-refractivity contribution in [3.63, 3.8) is 0 Å². The average Bonchev–Trinajstić information content (AvgIpc) is 3.61. The van der Waals surface area contributed by atoms with Crippen LogP contribution in [0.3, 0.4) is 0 Å². The molecule has 0 radical (unpaired) electrons. The van der Waals surface area contributed by atoms with Crippen LogP contribution in [0.2, 0.25) is 0 Å². The van der Waals surface area contributed by atoms with Crippen LogP contribution in [0.25, 0.3) is 28.2 Å². The van der Waals surface area contributed by atoms with Gasteiger partial charge in [-0.3, -0.25) is 0 Å². The predicted molar refractivity (Wildman–Crippen MR) is 231 cm³/mol. The molecule has 0 saturated heterocycles. The third-order valence-electron chi connectivity index (χ3n) is 11.8. The Kier molecular flexibility index (Phi) is 8.85. The average molecular weight is 731 g/mol. The molecule has 0 fully saturated rings. The van der Waals surface area contributed by atoms with Crippen LogP contribution in [0.4, 0.5) is 5.82 Å². The number of aromatic nitrogens is 2. The van der Waals surface area contributed by atoms with Crippen molar-refractivity contribution in [2.75, 3.05) is 4.90 Å². The maximum Gasteiger partial charge on any atom is 0.162 e. The van der Waals surface area contributed by atoms with Crippen molar-refractivity contribution in [2.45, 2.75) is 37.0 Å². The van der Waals surface area contributed by atoms with E-state index in [9.17, 15) is 0 Å². The highest BCUT2D eigenvalue weighted by Crippen LogP contribution is 2.50. The van der Waals surface area contributed by atoms with E-state index >= 15 is 0 Å². The van der Waals surface area contributed by atoms with E-state index in [1.807, 2.05) is 0 Å². The van der Waals surface area contributed by atoms with Gasteiger partial charge in [-0.05, 0) is 58.2 Å². The summed E-state index contributed by atoms with van der Waals surface area (Å²) >= 11 is 0. The SMILES string of the molecule is PC(c1ccccc1)C1NC(c2ccccc2)=C(C2C=CC=C(c3cc(N4C5=C(C=CCC5)C5C=CC=CC54)nc(-c4ccccc4)n3)C2)c2ccccc21. The molecule has 5 heteroatoms. The molecule has 4 nitrogen and oxygen atoms in total. The monoisotopic (exact) mass is 730 g/mol. The Bertz CT molecular complexity index is 2470. The van der Waals surface area contributed by atoms with Crippen LogP contribution in [-0.2, 0) is 0 Å². The first kappa shape index (κ1) is 33.7. The van der Waals surface area contributed by atoms with E-state index in [1.54, 1.807) is 0 Å². The molecule has 6 atom stereocenters. The fourth-order valence-electron chi connectivity index (χ4n) is 9.18. The van der Waals surface area contributed by atoms with E-state index < -0.39 is 0 Å². The molecule has 4 aromatic carbocycles. The lowest BCUT2D eigenvalue weighted by atomic mass is 9.76. The van der Waals surface area contributed by atoms with E-state index in [0.29, 0.717) is 5.92 Å². The predicted octanol–water partition coefficient (Wildman–Crippen LogP) is 11.5. The topological polar surface area (TPSA) is 41.0 Å². The first-order valence-electron chi connectivity index (χ1n) is 19.5. The molecular formula is C50H43N4P. The first-order chi connectivity index (χ1) is 27.2. The van der Waals surface area contributed by atoms with Crippen LogP contribution in [0.5, 0.6) is 0 Å². The van der Waals surface area contributed by atoms with Crippen LogP contribution in [0.1, 0.15) is 58.9 Å². The molecule has 1 N–H and O–H groups in total. The summed E-state index contributed by atoms with van der Waals surface area (Å²) in [6, 6.07) is 43.7. The quantitative estimate of drug-likeness (QED) is 0.169. The highest BCUT2D eigenvalue weighted by atomic mass is 31.0. The molecule has 268 valence electrons. The zero-order valence-electron chi connectivity index (χ0n) is 30.7. The van der Waals surface area contributed by atoms with Gasteiger partial charge < -0.3 is 10.2 Å². The molecule has 0 bridgehead atoms. The van der Waals surface area contributed by atoms with Crippen molar-refractivity contribution >= 4 is 31.9 Å². The second-order valence-electron chi connectivity index (χ2n) is 15.0. The van der Waals surface area contributed by atoms with Gasteiger partial charge in [0.2, 0.25) is 0 Å². The highest BCUT2D eigenvalue weighted by Gasteiger charge is 2.40. The largest absolute Gasteiger partial charge is 0.377 e. The van der Waals surface area contributed by atoms with E-state index in [0.717, 1.165) is 42.2 Å². The molecule has 5 aromatic rings. The van der Waals surface area contributed by atoms with Crippen molar-refractivity contribution in [3.05, 3.63) is 215 Å². The van der Waals surface area contributed by atoms with Crippen molar-refractivity contribution in [1.82, 2.24) is 15.3 Å². The molecule has 5 aliphatic rings. The zero-order valence-corrected chi connectivity index (χ0v) is 31.8. The molecule has 0 amide bonds. The van der Waals surface area contributed by atoms with Gasteiger partial charge >= 0.3 is 0 Å². The van der Waals surface area contributed by atoms with Crippen molar-refractivity contribution in [2.24, 2.45) is 11.8 Å². The van der Waals surface area contributed by atoms with Gasteiger partial charge in [0.25, 0.3) is 0 Å². The number of hydrogen-bond acceptors (Lipinski definition) is 4. The number of benzene rings is 4. The Morgan fingerprint density at radius 1 is 0.745 bits per heavy atom. The summed E-state index contributed by atoms with van der Waals surface area (Å²) in [4.78, 5) is 13.2. The summed E-state index contributed by atoms with van der Waals surface area (Å²) in [5, 5.41) is 4.11. The molecule has 0 saturated carbocycles. The summed E-state index contributed by atoms with van der Waals surface area (Å²) < 4.78 is 0. The molecule has 3 heterocycles. The standard InChI is InChI=1S/C50H43N4P/c55-49(34-19-6-2-7-20-34)48-41-28-11-10-27-40(41)46(47(53-48)33-17-4-1-5-18-33)37-24-16-23-36(31-37)42-32-45(52-50(51-42)35-21-8-3-9-22-35)54-43-29-14-12-25-38(43)39-26-13-15-30-44(39)54/h1-14,16-29,32,37-38,43,48-49,53H,15,30-31,55H2. The van der Waals surface area contributed by atoms with E-state index in [-0.39, 0.29) is 23.7 Å². The minimum absolute atomic E-state index is 0.0878. The van der Waals surface area contributed by atoms with Crippen LogP contribution in [0, 0.1) is 11.8 Å². The van der Waals surface area contributed by atoms with Crippen LogP contribution < -0.4 is 10.2 Å². The van der Waals surface area contributed by atoms with Gasteiger partial charge in [0.15, 0.2) is 5.82 Å². The fourth-order valence-corrected chi connectivity index (χ4v) is 9.70. The Balaban J connectivity index is 1.08. The second-order valence-corrected chi connectivity index (χ2v) is 15.7. The van der Waals surface area contributed by atoms with E-state index in [2.05, 4.69) is 195 Å². The van der Waals surface area contributed by atoms with E-state index in [1.165, 1.54) is 50.4 Å². The number of fused-ring (bicyclic) bond motifs is 3. The van der Waals surface area contributed by atoms with Gasteiger partial charge in [0.1, 0.15) is 5.82 Å². The number of hydrogen-bond donors (Lipinski definition) is 1. The molecule has 1 aromatic heterocycles. The van der Waals surface area contributed by atoms with Gasteiger partial charge in [0, 0.05) is 40.5 Å². The third kappa shape index (κ3) is 6.15. The van der Waals surface area contributed by atoms with Gasteiger partial charge in [-0.25, -0.2) is 9.97 Å². The summed E-state index contributed by atoms with van der Waals surface area (Å²) in [6.07, 6.45) is 23.5. The highest BCUT2D eigenvalue weighted by molar-refractivity contribution is 7.17.